The Labute approximate surface area is 133 Å². The highest BCUT2D eigenvalue weighted by molar-refractivity contribution is 7.92. The summed E-state index contributed by atoms with van der Waals surface area (Å²) in [6, 6.07) is 8.20. The zero-order valence-electron chi connectivity index (χ0n) is 12.4. The van der Waals surface area contributed by atoms with E-state index in [-0.39, 0.29) is 10.5 Å². The highest BCUT2D eigenvalue weighted by Crippen LogP contribution is 2.37. The van der Waals surface area contributed by atoms with Gasteiger partial charge in [-0.2, -0.15) is 0 Å². The SMILES string of the molecule is COC(=O)c1ccc(O)c(NS(=O)(=O)c2ccc(C)cc2)c1O. The van der Waals surface area contributed by atoms with Crippen molar-refractivity contribution < 1.29 is 28.2 Å². The summed E-state index contributed by atoms with van der Waals surface area (Å²) < 4.78 is 31.2. The quantitative estimate of drug-likeness (QED) is 0.581. The van der Waals surface area contributed by atoms with Gasteiger partial charge in [0.15, 0.2) is 5.75 Å². The number of carbonyl (C=O) groups excluding carboxylic acids is 1. The van der Waals surface area contributed by atoms with Crippen molar-refractivity contribution in [1.29, 1.82) is 0 Å². The lowest BCUT2D eigenvalue weighted by Gasteiger charge is -2.13. The Morgan fingerprint density at radius 1 is 1.09 bits per heavy atom. The van der Waals surface area contributed by atoms with E-state index in [9.17, 15) is 23.4 Å². The molecule has 8 heteroatoms. The molecule has 0 amide bonds. The second kappa shape index (κ2) is 6.17. The Kier molecular flexibility index (Phi) is 4.46. The van der Waals surface area contributed by atoms with Gasteiger partial charge in [0.2, 0.25) is 0 Å². The molecule has 122 valence electrons. The average molecular weight is 337 g/mol. The maximum atomic E-state index is 12.3. The number of benzene rings is 2. The van der Waals surface area contributed by atoms with Crippen molar-refractivity contribution in [2.24, 2.45) is 0 Å². The largest absolute Gasteiger partial charge is 0.506 e. The van der Waals surface area contributed by atoms with Gasteiger partial charge in [-0.05, 0) is 31.2 Å². The summed E-state index contributed by atoms with van der Waals surface area (Å²) in [6.45, 7) is 1.81. The fourth-order valence-electron chi connectivity index (χ4n) is 1.87. The lowest BCUT2D eigenvalue weighted by Crippen LogP contribution is -2.14. The molecule has 0 atom stereocenters. The minimum atomic E-state index is -4.05. The molecular weight excluding hydrogens is 322 g/mol. The number of sulfonamides is 1. The van der Waals surface area contributed by atoms with Crippen molar-refractivity contribution >= 4 is 21.7 Å². The first-order chi connectivity index (χ1) is 10.8. The number of nitrogens with one attached hydrogen (secondary N) is 1. The van der Waals surface area contributed by atoms with Gasteiger partial charge in [0, 0.05) is 0 Å². The van der Waals surface area contributed by atoms with Gasteiger partial charge >= 0.3 is 5.97 Å². The van der Waals surface area contributed by atoms with Gasteiger partial charge in [0.05, 0.1) is 12.0 Å². The van der Waals surface area contributed by atoms with Crippen LogP contribution in [0.4, 0.5) is 5.69 Å². The first kappa shape index (κ1) is 16.6. The first-order valence-electron chi connectivity index (χ1n) is 6.49. The zero-order chi connectivity index (χ0) is 17.2. The number of aryl methyl sites for hydroxylation is 1. The fourth-order valence-corrected chi connectivity index (χ4v) is 2.95. The van der Waals surface area contributed by atoms with Crippen molar-refractivity contribution in [2.45, 2.75) is 11.8 Å². The summed E-state index contributed by atoms with van der Waals surface area (Å²) in [6.07, 6.45) is 0. The molecule has 2 rings (SSSR count). The highest BCUT2D eigenvalue weighted by atomic mass is 32.2. The minimum absolute atomic E-state index is 0.0506. The van der Waals surface area contributed by atoms with Gasteiger partial charge < -0.3 is 14.9 Å². The monoisotopic (exact) mass is 337 g/mol. The van der Waals surface area contributed by atoms with Crippen LogP contribution in [-0.2, 0) is 14.8 Å². The van der Waals surface area contributed by atoms with Gasteiger partial charge in [0.25, 0.3) is 10.0 Å². The molecule has 23 heavy (non-hydrogen) atoms. The van der Waals surface area contributed by atoms with Crippen LogP contribution in [0.5, 0.6) is 11.5 Å². The Bertz CT molecular complexity index is 843. The normalized spacial score (nSPS) is 11.0. The molecule has 0 aliphatic heterocycles. The number of phenolic OH excluding ortho intramolecular Hbond substituents is 2. The molecule has 0 spiro atoms. The maximum Gasteiger partial charge on any atom is 0.341 e. The third-order valence-corrected chi connectivity index (χ3v) is 4.49. The van der Waals surface area contributed by atoms with Crippen LogP contribution in [0.25, 0.3) is 0 Å². The Morgan fingerprint density at radius 3 is 2.26 bits per heavy atom. The molecule has 2 aromatic carbocycles. The summed E-state index contributed by atoms with van der Waals surface area (Å²) in [5.41, 5.74) is 0.114. The van der Waals surface area contributed by atoms with E-state index in [1.807, 2.05) is 0 Å². The summed E-state index contributed by atoms with van der Waals surface area (Å²) in [4.78, 5) is 11.5. The Hall–Kier alpha value is -2.74. The number of hydrogen-bond acceptors (Lipinski definition) is 6. The first-order valence-corrected chi connectivity index (χ1v) is 7.97. The number of methoxy groups -OCH3 is 1. The molecule has 7 nitrogen and oxygen atoms in total. The Morgan fingerprint density at radius 2 is 1.70 bits per heavy atom. The van der Waals surface area contributed by atoms with Crippen molar-refractivity contribution in [2.75, 3.05) is 11.8 Å². The van der Waals surface area contributed by atoms with Crippen molar-refractivity contribution in [3.8, 4) is 11.5 Å². The van der Waals surface area contributed by atoms with E-state index in [0.29, 0.717) is 0 Å². The minimum Gasteiger partial charge on any atom is -0.506 e. The molecule has 0 heterocycles. The van der Waals surface area contributed by atoms with Crippen LogP contribution in [0, 0.1) is 6.92 Å². The fraction of sp³-hybridized carbons (Fsp3) is 0.133. The van der Waals surface area contributed by atoms with Crippen LogP contribution in [0.3, 0.4) is 0 Å². The summed E-state index contributed by atoms with van der Waals surface area (Å²) in [5.74, 6) is -2.10. The Balaban J connectivity index is 2.47. The molecule has 0 fully saturated rings. The number of carbonyl (C=O) groups is 1. The third kappa shape index (κ3) is 3.37. The number of esters is 1. The van der Waals surface area contributed by atoms with Crippen LogP contribution in [0.2, 0.25) is 0 Å². The third-order valence-electron chi connectivity index (χ3n) is 3.13. The molecule has 0 aromatic heterocycles. The van der Waals surface area contributed by atoms with Crippen LogP contribution in [0.15, 0.2) is 41.3 Å². The number of anilines is 1. The summed E-state index contributed by atoms with van der Waals surface area (Å²) in [7, 11) is -2.93. The number of ether oxygens (including phenoxy) is 1. The molecule has 0 saturated heterocycles. The van der Waals surface area contributed by atoms with E-state index in [1.165, 1.54) is 12.1 Å². The molecule has 0 aliphatic carbocycles. The lowest BCUT2D eigenvalue weighted by molar-refractivity contribution is 0.0597. The molecule has 0 bridgehead atoms. The van der Waals surface area contributed by atoms with E-state index in [0.717, 1.165) is 24.8 Å². The molecule has 3 N–H and O–H groups in total. The summed E-state index contributed by atoms with van der Waals surface area (Å²) in [5, 5.41) is 19.8. The molecule has 0 unspecified atom stereocenters. The van der Waals surface area contributed by atoms with Crippen LogP contribution in [0.1, 0.15) is 15.9 Å². The van der Waals surface area contributed by atoms with Crippen molar-refractivity contribution in [3.63, 3.8) is 0 Å². The topological polar surface area (TPSA) is 113 Å². The average Bonchev–Trinajstić information content (AvgIpc) is 2.51. The maximum absolute atomic E-state index is 12.3. The number of aromatic hydroxyl groups is 2. The van der Waals surface area contributed by atoms with Gasteiger partial charge in [-0.1, -0.05) is 17.7 Å². The van der Waals surface area contributed by atoms with Gasteiger partial charge in [-0.15, -0.1) is 0 Å². The molecule has 0 aliphatic rings. The number of phenols is 2. The van der Waals surface area contributed by atoms with Crippen LogP contribution < -0.4 is 4.72 Å². The molecular formula is C15H15NO6S. The van der Waals surface area contributed by atoms with Crippen LogP contribution >= 0.6 is 0 Å². The van der Waals surface area contributed by atoms with E-state index >= 15 is 0 Å². The molecule has 0 radical (unpaired) electrons. The number of hydrogen-bond donors (Lipinski definition) is 3. The van der Waals surface area contributed by atoms with Gasteiger partial charge in [0.1, 0.15) is 17.0 Å². The highest BCUT2D eigenvalue weighted by Gasteiger charge is 2.23. The number of rotatable bonds is 4. The predicted octanol–water partition coefficient (Wildman–Crippen LogP) is 1.99. The predicted molar refractivity (Wildman–Crippen MR) is 83.1 cm³/mol. The standard InChI is InChI=1S/C15H15NO6S/c1-9-3-5-10(6-4-9)23(20,21)16-13-12(17)8-7-11(14(13)18)15(19)22-2/h3-8,16-18H,1-2H3. The lowest BCUT2D eigenvalue weighted by atomic mass is 10.1. The molecule has 0 saturated carbocycles. The van der Waals surface area contributed by atoms with Gasteiger partial charge in [-0.3, -0.25) is 4.72 Å². The second-order valence-corrected chi connectivity index (χ2v) is 6.45. The van der Waals surface area contributed by atoms with Crippen molar-refractivity contribution in [3.05, 3.63) is 47.5 Å². The van der Waals surface area contributed by atoms with E-state index < -0.39 is 33.2 Å². The van der Waals surface area contributed by atoms with E-state index in [2.05, 4.69) is 9.46 Å². The van der Waals surface area contributed by atoms with Crippen LogP contribution in [-0.4, -0.2) is 31.7 Å². The van der Waals surface area contributed by atoms with E-state index in [1.54, 1.807) is 19.1 Å². The zero-order valence-corrected chi connectivity index (χ0v) is 13.2. The molecule has 2 aromatic rings. The van der Waals surface area contributed by atoms with Gasteiger partial charge in [-0.25, -0.2) is 13.2 Å². The smallest absolute Gasteiger partial charge is 0.341 e. The van der Waals surface area contributed by atoms with Crippen molar-refractivity contribution in [1.82, 2.24) is 0 Å². The van der Waals surface area contributed by atoms with E-state index in [4.69, 9.17) is 0 Å². The second-order valence-electron chi connectivity index (χ2n) is 4.77. The summed E-state index contributed by atoms with van der Waals surface area (Å²) >= 11 is 0.